The first-order valence-electron chi connectivity index (χ1n) is 7.51. The summed E-state index contributed by atoms with van der Waals surface area (Å²) in [6.45, 7) is 0.504. The van der Waals surface area contributed by atoms with Gasteiger partial charge >= 0.3 is 6.09 Å². The molecule has 1 unspecified atom stereocenters. The number of fused-ring (bicyclic) bond motifs is 2. The molecule has 1 aliphatic rings. The molecule has 5 nitrogen and oxygen atoms in total. The van der Waals surface area contributed by atoms with E-state index in [1.807, 2.05) is 30.5 Å². The van der Waals surface area contributed by atoms with Gasteiger partial charge in [-0.1, -0.05) is 24.3 Å². The van der Waals surface area contributed by atoms with Crippen LogP contribution in [0.25, 0.3) is 22.0 Å². The maximum Gasteiger partial charge on any atom is 0.405 e. The van der Waals surface area contributed by atoms with Crippen molar-refractivity contribution in [3.05, 3.63) is 54.2 Å². The predicted octanol–water partition coefficient (Wildman–Crippen LogP) is 3.75. The highest BCUT2D eigenvalue weighted by Gasteiger charge is 2.24. The van der Waals surface area contributed by atoms with E-state index in [0.29, 0.717) is 13.0 Å². The van der Waals surface area contributed by atoms with Crippen molar-refractivity contribution in [1.29, 1.82) is 0 Å². The van der Waals surface area contributed by atoms with Gasteiger partial charge in [-0.25, -0.2) is 4.79 Å². The van der Waals surface area contributed by atoms with Gasteiger partial charge in [0.2, 0.25) is 0 Å². The second-order valence-corrected chi connectivity index (χ2v) is 5.59. The zero-order chi connectivity index (χ0) is 15.8. The van der Waals surface area contributed by atoms with Crippen molar-refractivity contribution >= 4 is 17.0 Å². The molecule has 4 rings (SSSR count). The lowest BCUT2D eigenvalue weighted by molar-refractivity contribution is 0.0766. The summed E-state index contributed by atoms with van der Waals surface area (Å²) < 4.78 is 10.9. The Hall–Kier alpha value is -2.95. The first-order valence-corrected chi connectivity index (χ1v) is 7.51. The second-order valence-electron chi connectivity index (χ2n) is 5.59. The van der Waals surface area contributed by atoms with Gasteiger partial charge in [-0.2, -0.15) is 0 Å². The maximum atomic E-state index is 11.0. The number of carbonyl (C=O) groups excluding carboxylic acids is 1. The van der Waals surface area contributed by atoms with E-state index in [0.717, 1.165) is 28.0 Å². The van der Waals surface area contributed by atoms with Crippen LogP contribution in [0.3, 0.4) is 0 Å². The lowest BCUT2D eigenvalue weighted by Crippen LogP contribution is -2.22. The van der Waals surface area contributed by atoms with Gasteiger partial charge in [0.25, 0.3) is 0 Å². The van der Waals surface area contributed by atoms with E-state index in [-0.39, 0.29) is 6.10 Å². The minimum absolute atomic E-state index is 0.337. The standard InChI is InChI=1S/C18H16N2O3/c19-18(21)23-16-6-8-22-17-10-13(3-4-14(16)17)12-2-1-11-5-7-20-15(11)9-12/h1-5,7,9-10,16,20H,6,8H2,(H2,19,21). The molecular weight excluding hydrogens is 292 g/mol. The molecule has 1 aliphatic heterocycles. The number of nitrogens with two attached hydrogens (primary N) is 1. The Bertz CT molecular complexity index is 885. The Labute approximate surface area is 133 Å². The monoisotopic (exact) mass is 308 g/mol. The van der Waals surface area contributed by atoms with E-state index in [2.05, 4.69) is 23.2 Å². The number of ether oxygens (including phenoxy) is 2. The molecule has 0 bridgehead atoms. The van der Waals surface area contributed by atoms with E-state index >= 15 is 0 Å². The number of amides is 1. The molecule has 0 saturated heterocycles. The highest BCUT2D eigenvalue weighted by atomic mass is 16.6. The maximum absolute atomic E-state index is 11.0. The number of carbonyl (C=O) groups is 1. The third kappa shape index (κ3) is 2.50. The Balaban J connectivity index is 1.72. The van der Waals surface area contributed by atoms with Gasteiger partial charge in [-0.3, -0.25) is 0 Å². The Morgan fingerprint density at radius 1 is 1.17 bits per heavy atom. The fourth-order valence-corrected chi connectivity index (χ4v) is 3.03. The summed E-state index contributed by atoms with van der Waals surface area (Å²) in [5.41, 5.74) is 9.25. The number of nitrogens with one attached hydrogen (secondary N) is 1. The molecule has 1 amide bonds. The summed E-state index contributed by atoms with van der Waals surface area (Å²) in [5.74, 6) is 0.742. The third-order valence-corrected chi connectivity index (χ3v) is 4.14. The van der Waals surface area contributed by atoms with E-state index in [9.17, 15) is 4.79 Å². The molecule has 0 aliphatic carbocycles. The summed E-state index contributed by atoms with van der Waals surface area (Å²) in [7, 11) is 0. The first kappa shape index (κ1) is 13.7. The zero-order valence-corrected chi connectivity index (χ0v) is 12.4. The molecule has 0 radical (unpaired) electrons. The number of aromatic nitrogens is 1. The summed E-state index contributed by atoms with van der Waals surface area (Å²) in [6, 6.07) is 14.2. The van der Waals surface area contributed by atoms with E-state index < -0.39 is 6.09 Å². The third-order valence-electron chi connectivity index (χ3n) is 4.14. The summed E-state index contributed by atoms with van der Waals surface area (Å²) in [5, 5.41) is 1.18. The molecule has 1 atom stereocenters. The van der Waals surface area contributed by atoms with Gasteiger partial charge in [0.05, 0.1) is 6.61 Å². The average Bonchev–Trinajstić information content (AvgIpc) is 3.01. The van der Waals surface area contributed by atoms with Crippen LogP contribution < -0.4 is 10.5 Å². The minimum Gasteiger partial charge on any atom is -0.493 e. The van der Waals surface area contributed by atoms with Gasteiger partial charge in [-0.15, -0.1) is 0 Å². The number of aromatic amines is 1. The molecule has 3 aromatic rings. The van der Waals surface area contributed by atoms with Crippen molar-refractivity contribution < 1.29 is 14.3 Å². The quantitative estimate of drug-likeness (QED) is 0.756. The van der Waals surface area contributed by atoms with Gasteiger partial charge in [-0.05, 0) is 34.7 Å². The molecule has 2 aromatic carbocycles. The lowest BCUT2D eigenvalue weighted by atomic mass is 9.97. The molecule has 23 heavy (non-hydrogen) atoms. The first-order chi connectivity index (χ1) is 11.2. The predicted molar refractivity (Wildman–Crippen MR) is 87.3 cm³/mol. The number of hydrogen-bond acceptors (Lipinski definition) is 3. The number of H-pyrrole nitrogens is 1. The molecule has 5 heteroatoms. The van der Waals surface area contributed by atoms with Crippen LogP contribution in [0.15, 0.2) is 48.7 Å². The molecule has 116 valence electrons. The highest BCUT2D eigenvalue weighted by Crippen LogP contribution is 2.37. The van der Waals surface area contributed by atoms with Gasteiger partial charge in [0, 0.05) is 23.7 Å². The van der Waals surface area contributed by atoms with Crippen molar-refractivity contribution in [3.63, 3.8) is 0 Å². The van der Waals surface area contributed by atoms with Crippen molar-refractivity contribution in [2.75, 3.05) is 6.61 Å². The van der Waals surface area contributed by atoms with Crippen LogP contribution >= 0.6 is 0 Å². The van der Waals surface area contributed by atoms with E-state index in [4.69, 9.17) is 15.2 Å². The largest absolute Gasteiger partial charge is 0.493 e. The number of benzene rings is 2. The summed E-state index contributed by atoms with van der Waals surface area (Å²) in [4.78, 5) is 14.2. The van der Waals surface area contributed by atoms with Crippen LogP contribution in [0.2, 0.25) is 0 Å². The minimum atomic E-state index is -0.760. The lowest BCUT2D eigenvalue weighted by Gasteiger charge is -2.25. The molecule has 1 aromatic heterocycles. The smallest absolute Gasteiger partial charge is 0.405 e. The number of primary amides is 1. The fraction of sp³-hybridized carbons (Fsp3) is 0.167. The van der Waals surface area contributed by atoms with Gasteiger partial charge in [0.1, 0.15) is 11.9 Å². The van der Waals surface area contributed by atoms with Crippen LogP contribution in [0.5, 0.6) is 5.75 Å². The van der Waals surface area contributed by atoms with Crippen LogP contribution in [0.1, 0.15) is 18.1 Å². The fourth-order valence-electron chi connectivity index (χ4n) is 3.03. The SMILES string of the molecule is NC(=O)OC1CCOc2cc(-c3ccc4cc[nH]c4c3)ccc21. The molecular formula is C18H16N2O3. The molecule has 0 saturated carbocycles. The van der Waals surface area contributed by atoms with Gasteiger partial charge < -0.3 is 20.2 Å². The second kappa shape index (κ2) is 5.35. The highest BCUT2D eigenvalue weighted by molar-refractivity contribution is 5.85. The number of hydrogen-bond donors (Lipinski definition) is 2. The number of rotatable bonds is 2. The van der Waals surface area contributed by atoms with Gasteiger partial charge in [0.15, 0.2) is 0 Å². The molecule has 3 N–H and O–H groups in total. The van der Waals surface area contributed by atoms with Crippen LogP contribution in [-0.2, 0) is 4.74 Å². The molecule has 2 heterocycles. The Morgan fingerprint density at radius 2 is 2.00 bits per heavy atom. The van der Waals surface area contributed by atoms with Crippen molar-refractivity contribution in [2.24, 2.45) is 5.73 Å². The van der Waals surface area contributed by atoms with E-state index in [1.165, 1.54) is 5.39 Å². The Kier molecular flexibility index (Phi) is 3.19. The van der Waals surface area contributed by atoms with E-state index in [1.54, 1.807) is 0 Å². The van der Waals surface area contributed by atoms with Crippen LogP contribution in [0.4, 0.5) is 4.79 Å². The average molecular weight is 308 g/mol. The van der Waals surface area contributed by atoms with Crippen LogP contribution in [0, 0.1) is 0 Å². The van der Waals surface area contributed by atoms with Crippen molar-refractivity contribution in [2.45, 2.75) is 12.5 Å². The molecule has 0 spiro atoms. The van der Waals surface area contributed by atoms with Crippen LogP contribution in [-0.4, -0.2) is 17.7 Å². The van der Waals surface area contributed by atoms with Crippen molar-refractivity contribution in [3.8, 4) is 16.9 Å². The summed E-state index contributed by atoms with van der Waals surface area (Å²) >= 11 is 0. The zero-order valence-electron chi connectivity index (χ0n) is 12.4. The Morgan fingerprint density at radius 3 is 2.87 bits per heavy atom. The topological polar surface area (TPSA) is 77.3 Å². The normalized spacial score (nSPS) is 16.6. The summed E-state index contributed by atoms with van der Waals surface area (Å²) in [6.07, 6.45) is 1.44. The van der Waals surface area contributed by atoms with Crippen molar-refractivity contribution in [1.82, 2.24) is 4.98 Å². The molecule has 0 fully saturated rings.